The van der Waals surface area contributed by atoms with Crippen molar-refractivity contribution in [2.75, 3.05) is 53.2 Å². The van der Waals surface area contributed by atoms with E-state index in [1.807, 2.05) is 4.90 Å². The number of Topliss-reactive ketones (excluding diaryl/α,β-unsaturated/α-hetero) is 1. The highest BCUT2D eigenvalue weighted by Crippen LogP contribution is 2.34. The number of ether oxygens (including phenoxy) is 5. The van der Waals surface area contributed by atoms with E-state index < -0.39 is 71.6 Å². The minimum absolute atomic E-state index is 0.0162. The second-order valence-electron chi connectivity index (χ2n) is 15.7. The minimum Gasteiger partial charge on any atom is -0.497 e. The maximum atomic E-state index is 14.2. The second kappa shape index (κ2) is 20.1. The molecule has 5 atom stereocenters. The molecule has 2 aliphatic heterocycles. The summed E-state index contributed by atoms with van der Waals surface area (Å²) >= 11 is 0. The van der Waals surface area contributed by atoms with Crippen LogP contribution < -0.4 is 26.0 Å². The van der Waals surface area contributed by atoms with E-state index in [1.54, 1.807) is 59.1 Å². The second-order valence-corrected chi connectivity index (χ2v) is 15.7. The summed E-state index contributed by atoms with van der Waals surface area (Å²) in [6, 6.07) is 2.92. The van der Waals surface area contributed by atoms with Crippen molar-refractivity contribution in [2.45, 2.75) is 115 Å². The van der Waals surface area contributed by atoms with Crippen molar-refractivity contribution >= 4 is 35.6 Å². The van der Waals surface area contributed by atoms with Crippen LogP contribution in [0.1, 0.15) is 78.7 Å². The zero-order chi connectivity index (χ0) is 40.2. The van der Waals surface area contributed by atoms with Crippen LogP contribution in [0, 0.1) is 5.92 Å². The first kappa shape index (κ1) is 43.4. The van der Waals surface area contributed by atoms with E-state index in [1.165, 1.54) is 6.92 Å². The van der Waals surface area contributed by atoms with Gasteiger partial charge in [0.1, 0.15) is 36.1 Å². The lowest BCUT2D eigenvalue weighted by molar-refractivity contribution is -0.149. The molecule has 3 aliphatic rings. The van der Waals surface area contributed by atoms with Crippen molar-refractivity contribution in [3.63, 3.8) is 0 Å². The molecule has 3 fully saturated rings. The van der Waals surface area contributed by atoms with E-state index in [4.69, 9.17) is 23.7 Å². The first-order valence-corrected chi connectivity index (χ1v) is 19.2. The van der Waals surface area contributed by atoms with Crippen LogP contribution in [0.2, 0.25) is 0 Å². The number of methoxy groups -OCH3 is 1. The number of hydrogen-bond donors (Lipinski definition) is 4. The van der Waals surface area contributed by atoms with Crippen molar-refractivity contribution in [3.05, 3.63) is 29.8 Å². The van der Waals surface area contributed by atoms with Gasteiger partial charge in [-0.1, -0.05) is 44.2 Å². The third-order valence-corrected chi connectivity index (χ3v) is 9.88. The number of carbonyl (C=O) groups excluding carboxylic acids is 6. The molecule has 0 bridgehead atoms. The van der Waals surface area contributed by atoms with E-state index >= 15 is 0 Å². The summed E-state index contributed by atoms with van der Waals surface area (Å²) in [4.78, 5) is 81.6. The van der Waals surface area contributed by atoms with Crippen LogP contribution in [-0.4, -0.2) is 129 Å². The SMILES string of the molecule is COc1ccc(C[C@H](NC(=O)[C@H](C)NC(=O)CN2CCOCC2)C(=O)N[C@@H](CC2CCCCC2)C(=O)[C@@]2(COC(=O)[C@H](C)NC(=O)OC(C)(C)C)CO2)cc1. The van der Waals surface area contributed by atoms with Gasteiger partial charge in [-0.15, -0.1) is 0 Å². The molecular weight excluding hydrogens is 714 g/mol. The van der Waals surface area contributed by atoms with Crippen LogP contribution in [0.15, 0.2) is 24.3 Å². The average Bonchev–Trinajstić information content (AvgIpc) is 3.94. The summed E-state index contributed by atoms with van der Waals surface area (Å²) < 4.78 is 26.9. The number of benzene rings is 1. The van der Waals surface area contributed by atoms with Crippen LogP contribution in [0.5, 0.6) is 5.75 Å². The molecule has 16 nitrogen and oxygen atoms in total. The lowest BCUT2D eigenvalue weighted by atomic mass is 9.82. The third-order valence-electron chi connectivity index (χ3n) is 9.88. The van der Waals surface area contributed by atoms with E-state index in [2.05, 4.69) is 21.3 Å². The smallest absolute Gasteiger partial charge is 0.408 e. The van der Waals surface area contributed by atoms with Crippen molar-refractivity contribution in [1.29, 1.82) is 0 Å². The van der Waals surface area contributed by atoms with E-state index in [-0.39, 0.29) is 31.4 Å². The fraction of sp³-hybridized carbons (Fsp3) is 0.692. The Balaban J connectivity index is 1.46. The van der Waals surface area contributed by atoms with Crippen molar-refractivity contribution in [2.24, 2.45) is 5.92 Å². The first-order chi connectivity index (χ1) is 26.1. The normalized spacial score (nSPS) is 21.1. The molecule has 0 spiro atoms. The molecule has 2 saturated heterocycles. The quantitative estimate of drug-likeness (QED) is 0.125. The zero-order valence-electron chi connectivity index (χ0n) is 33.0. The van der Waals surface area contributed by atoms with Gasteiger partial charge in [-0.25, -0.2) is 9.59 Å². The maximum absolute atomic E-state index is 14.2. The van der Waals surface area contributed by atoms with Gasteiger partial charge < -0.3 is 45.0 Å². The number of hydrogen-bond acceptors (Lipinski definition) is 12. The topological polar surface area (TPSA) is 203 Å². The lowest BCUT2D eigenvalue weighted by Gasteiger charge is -2.30. The van der Waals surface area contributed by atoms with Crippen LogP contribution >= 0.6 is 0 Å². The number of carbonyl (C=O) groups is 6. The Labute approximate surface area is 323 Å². The first-order valence-electron chi connectivity index (χ1n) is 19.2. The Kier molecular flexibility index (Phi) is 15.8. The predicted molar refractivity (Wildman–Crippen MR) is 200 cm³/mol. The molecule has 1 saturated carbocycles. The lowest BCUT2D eigenvalue weighted by Crippen LogP contribution is -2.58. The largest absolute Gasteiger partial charge is 0.497 e. The number of esters is 1. The number of nitrogens with one attached hydrogen (secondary N) is 4. The predicted octanol–water partition coefficient (Wildman–Crippen LogP) is 1.81. The number of alkyl carbamates (subject to hydrolysis) is 1. The van der Waals surface area contributed by atoms with Gasteiger partial charge in [-0.2, -0.15) is 0 Å². The molecule has 1 aromatic rings. The van der Waals surface area contributed by atoms with Crippen LogP contribution in [0.4, 0.5) is 4.79 Å². The number of nitrogens with zero attached hydrogens (tertiary/aromatic N) is 1. The summed E-state index contributed by atoms with van der Waals surface area (Å²) in [5, 5.41) is 10.9. The van der Waals surface area contributed by atoms with Gasteiger partial charge in [-0.3, -0.25) is 24.1 Å². The molecule has 0 radical (unpaired) electrons. The molecule has 55 heavy (non-hydrogen) atoms. The molecule has 4 amide bonds. The molecule has 4 rings (SSSR count). The summed E-state index contributed by atoms with van der Waals surface area (Å²) in [6.45, 7) is 10.0. The number of epoxide rings is 1. The number of morpholine rings is 1. The fourth-order valence-electron chi connectivity index (χ4n) is 6.64. The van der Waals surface area contributed by atoms with Gasteiger partial charge in [0.2, 0.25) is 17.7 Å². The highest BCUT2D eigenvalue weighted by molar-refractivity contribution is 5.99. The molecule has 2 heterocycles. The summed E-state index contributed by atoms with van der Waals surface area (Å²) in [5.74, 6) is -1.93. The van der Waals surface area contributed by atoms with Crippen molar-refractivity contribution < 1.29 is 52.5 Å². The Morgan fingerprint density at radius 3 is 2.11 bits per heavy atom. The fourth-order valence-corrected chi connectivity index (χ4v) is 6.64. The molecule has 1 aromatic carbocycles. The molecule has 1 aliphatic carbocycles. The minimum atomic E-state index is -1.47. The Morgan fingerprint density at radius 2 is 1.51 bits per heavy atom. The molecule has 0 aromatic heterocycles. The Morgan fingerprint density at radius 1 is 0.873 bits per heavy atom. The van der Waals surface area contributed by atoms with Crippen molar-refractivity contribution in [3.8, 4) is 5.75 Å². The van der Waals surface area contributed by atoms with Gasteiger partial charge in [0.15, 0.2) is 11.4 Å². The standard InChI is InChI=1S/C39H59N5O11/c1-25(40-32(45)22-44-16-18-52-19-17-44)34(47)43-31(21-28-12-14-29(51-6)15-13-28)35(48)42-30(20-27-10-8-7-9-11-27)33(46)39(24-54-39)23-53-36(49)26(2)41-37(50)55-38(3,4)5/h12-15,25-27,30-31H,7-11,16-24H2,1-6H3,(H,40,45)(H,41,50)(H,42,48)(H,43,47)/t25-,26-,30-,31-,39+/m0/s1. The summed E-state index contributed by atoms with van der Waals surface area (Å²) in [6.07, 6.45) is 4.53. The highest BCUT2D eigenvalue weighted by atomic mass is 16.6. The molecule has 306 valence electrons. The van der Waals surface area contributed by atoms with Crippen molar-refractivity contribution in [1.82, 2.24) is 26.2 Å². The van der Waals surface area contributed by atoms with Gasteiger partial charge in [0.05, 0.1) is 39.5 Å². The van der Waals surface area contributed by atoms with Crippen LogP contribution in [0.25, 0.3) is 0 Å². The molecular formula is C39H59N5O11. The monoisotopic (exact) mass is 773 g/mol. The third kappa shape index (κ3) is 14.1. The number of amides is 4. The zero-order valence-corrected chi connectivity index (χ0v) is 33.0. The Hall–Kier alpha value is -4.28. The van der Waals surface area contributed by atoms with Gasteiger partial charge >= 0.3 is 12.1 Å². The van der Waals surface area contributed by atoms with Gasteiger partial charge in [0, 0.05) is 19.5 Å². The maximum Gasteiger partial charge on any atom is 0.408 e. The van der Waals surface area contributed by atoms with Crippen LogP contribution in [-0.2, 0) is 49.3 Å². The van der Waals surface area contributed by atoms with Gasteiger partial charge in [-0.05, 0) is 64.7 Å². The summed E-state index contributed by atoms with van der Waals surface area (Å²) in [7, 11) is 1.54. The average molecular weight is 774 g/mol. The number of rotatable bonds is 18. The number of ketones is 1. The molecule has 4 N–H and O–H groups in total. The van der Waals surface area contributed by atoms with Crippen LogP contribution in [0.3, 0.4) is 0 Å². The van der Waals surface area contributed by atoms with Gasteiger partial charge in [0.25, 0.3) is 0 Å². The molecule has 16 heteroatoms. The Bertz CT molecular complexity index is 1480. The highest BCUT2D eigenvalue weighted by Gasteiger charge is 2.56. The molecule has 0 unspecified atom stereocenters. The van der Waals surface area contributed by atoms with E-state index in [0.717, 1.165) is 37.7 Å². The van der Waals surface area contributed by atoms with E-state index in [0.29, 0.717) is 38.5 Å². The van der Waals surface area contributed by atoms with E-state index in [9.17, 15) is 28.8 Å². The summed E-state index contributed by atoms with van der Waals surface area (Å²) in [5.41, 5.74) is -1.51.